The Morgan fingerprint density at radius 2 is 1.81 bits per heavy atom. The van der Waals surface area contributed by atoms with Crippen molar-refractivity contribution in [1.29, 1.82) is 0 Å². The van der Waals surface area contributed by atoms with Crippen LogP contribution >= 0.6 is 0 Å². The van der Waals surface area contributed by atoms with Crippen LogP contribution in [0, 0.1) is 17.3 Å². The highest BCUT2D eigenvalue weighted by Gasteiger charge is 2.29. The molecule has 1 fully saturated rings. The summed E-state index contributed by atoms with van der Waals surface area (Å²) in [5.41, 5.74) is -0.163. The summed E-state index contributed by atoms with van der Waals surface area (Å²) in [4.78, 5) is 4.52. The molecule has 0 bridgehead atoms. The lowest BCUT2D eigenvalue weighted by Gasteiger charge is -2.29. The minimum Gasteiger partial charge on any atom is -0.392 e. The van der Waals surface area contributed by atoms with Crippen LogP contribution in [-0.4, -0.2) is 21.4 Å². The molecule has 1 aromatic rings. The zero-order chi connectivity index (χ0) is 15.6. The molecule has 4 heteroatoms. The van der Waals surface area contributed by atoms with E-state index in [0.717, 1.165) is 30.5 Å². The molecule has 1 atom stereocenters. The van der Waals surface area contributed by atoms with Gasteiger partial charge >= 0.3 is 0 Å². The van der Waals surface area contributed by atoms with Crippen molar-refractivity contribution in [3.63, 3.8) is 0 Å². The summed E-state index contributed by atoms with van der Waals surface area (Å²) in [6.45, 7) is 10.7. The molecule has 0 radical (unpaired) electrons. The van der Waals surface area contributed by atoms with E-state index in [0.29, 0.717) is 18.2 Å². The Bertz CT molecular complexity index is 440. The van der Waals surface area contributed by atoms with Gasteiger partial charge in [0.25, 0.3) is 0 Å². The van der Waals surface area contributed by atoms with Gasteiger partial charge in [0.1, 0.15) is 0 Å². The molecular weight excluding hydrogens is 264 g/mol. The minimum absolute atomic E-state index is 0.163. The van der Waals surface area contributed by atoms with Crippen LogP contribution in [0.15, 0.2) is 4.52 Å². The van der Waals surface area contributed by atoms with Gasteiger partial charge in [0.2, 0.25) is 5.89 Å². The maximum Gasteiger partial charge on any atom is 0.229 e. The highest BCUT2D eigenvalue weighted by atomic mass is 16.5. The fourth-order valence-electron chi connectivity index (χ4n) is 3.03. The van der Waals surface area contributed by atoms with E-state index in [1.807, 2.05) is 20.8 Å². The maximum atomic E-state index is 10.1. The van der Waals surface area contributed by atoms with Crippen molar-refractivity contribution in [2.75, 3.05) is 0 Å². The van der Waals surface area contributed by atoms with Crippen LogP contribution < -0.4 is 0 Å². The number of aromatic nitrogens is 2. The molecule has 1 aliphatic rings. The second kappa shape index (κ2) is 6.47. The Morgan fingerprint density at radius 3 is 2.33 bits per heavy atom. The van der Waals surface area contributed by atoms with E-state index in [9.17, 15) is 5.11 Å². The van der Waals surface area contributed by atoms with Gasteiger partial charge < -0.3 is 9.63 Å². The lowest BCUT2D eigenvalue weighted by Crippen LogP contribution is -2.28. The van der Waals surface area contributed by atoms with Gasteiger partial charge in [-0.3, -0.25) is 0 Å². The average Bonchev–Trinajstić information content (AvgIpc) is 2.86. The molecule has 1 aliphatic carbocycles. The summed E-state index contributed by atoms with van der Waals surface area (Å²) < 4.78 is 5.34. The Morgan fingerprint density at radius 1 is 1.19 bits per heavy atom. The van der Waals surface area contributed by atoms with Gasteiger partial charge in [-0.15, -0.1) is 0 Å². The normalized spacial score (nSPS) is 25.3. The van der Waals surface area contributed by atoms with E-state index in [2.05, 4.69) is 24.0 Å². The first kappa shape index (κ1) is 16.5. The molecule has 1 saturated carbocycles. The summed E-state index contributed by atoms with van der Waals surface area (Å²) in [5, 5.41) is 14.3. The standard InChI is InChI=1S/C17H30N2O2/c1-11(2)12-6-8-13(9-7-12)16-18-15(21-19-16)10-14(20)17(3,4)5/h11-14,20H,6-10H2,1-5H3. The van der Waals surface area contributed by atoms with Crippen molar-refractivity contribution < 1.29 is 9.63 Å². The fraction of sp³-hybridized carbons (Fsp3) is 0.882. The summed E-state index contributed by atoms with van der Waals surface area (Å²) in [6.07, 6.45) is 4.82. The average molecular weight is 294 g/mol. The number of hydrogen-bond acceptors (Lipinski definition) is 4. The number of nitrogens with zero attached hydrogens (tertiary/aromatic N) is 2. The molecule has 0 aromatic carbocycles. The van der Waals surface area contributed by atoms with Crippen molar-refractivity contribution in [2.45, 2.75) is 78.7 Å². The van der Waals surface area contributed by atoms with E-state index < -0.39 is 6.10 Å². The highest BCUT2D eigenvalue weighted by Crippen LogP contribution is 2.37. The van der Waals surface area contributed by atoms with Crippen LogP contribution in [0.2, 0.25) is 0 Å². The summed E-state index contributed by atoms with van der Waals surface area (Å²) in [5.74, 6) is 3.46. The lowest BCUT2D eigenvalue weighted by atomic mass is 9.77. The molecule has 0 spiro atoms. The van der Waals surface area contributed by atoms with Gasteiger partial charge in [0.05, 0.1) is 12.5 Å². The second-order valence-corrected chi connectivity index (χ2v) is 7.99. The quantitative estimate of drug-likeness (QED) is 0.913. The number of aliphatic hydroxyl groups is 1. The third-order valence-corrected chi connectivity index (χ3v) is 4.93. The first-order valence-corrected chi connectivity index (χ1v) is 8.28. The third kappa shape index (κ3) is 4.29. The number of rotatable bonds is 4. The predicted molar refractivity (Wildman–Crippen MR) is 83.0 cm³/mol. The van der Waals surface area contributed by atoms with E-state index in [4.69, 9.17) is 4.52 Å². The molecule has 0 aliphatic heterocycles. The molecule has 21 heavy (non-hydrogen) atoms. The first-order chi connectivity index (χ1) is 9.77. The fourth-order valence-corrected chi connectivity index (χ4v) is 3.03. The Hall–Kier alpha value is -0.900. The molecule has 4 nitrogen and oxygen atoms in total. The molecule has 1 unspecified atom stereocenters. The van der Waals surface area contributed by atoms with Gasteiger partial charge in [0, 0.05) is 5.92 Å². The lowest BCUT2D eigenvalue weighted by molar-refractivity contribution is 0.0565. The first-order valence-electron chi connectivity index (χ1n) is 8.28. The highest BCUT2D eigenvalue weighted by molar-refractivity contribution is 4.99. The monoisotopic (exact) mass is 294 g/mol. The van der Waals surface area contributed by atoms with Crippen LogP contribution in [0.1, 0.15) is 77.9 Å². The van der Waals surface area contributed by atoms with Gasteiger partial charge in [-0.1, -0.05) is 39.8 Å². The zero-order valence-electron chi connectivity index (χ0n) is 14.1. The van der Waals surface area contributed by atoms with Crippen molar-refractivity contribution >= 4 is 0 Å². The zero-order valence-corrected chi connectivity index (χ0v) is 14.1. The maximum absolute atomic E-state index is 10.1. The molecule has 2 rings (SSSR count). The summed E-state index contributed by atoms with van der Waals surface area (Å²) in [6, 6.07) is 0. The van der Waals surface area contributed by atoms with Crippen molar-refractivity contribution in [3.8, 4) is 0 Å². The van der Waals surface area contributed by atoms with Crippen LogP contribution in [0.3, 0.4) is 0 Å². The van der Waals surface area contributed by atoms with Crippen molar-refractivity contribution in [2.24, 2.45) is 17.3 Å². The second-order valence-electron chi connectivity index (χ2n) is 7.99. The van der Waals surface area contributed by atoms with E-state index in [-0.39, 0.29) is 5.41 Å². The van der Waals surface area contributed by atoms with E-state index >= 15 is 0 Å². The van der Waals surface area contributed by atoms with Crippen molar-refractivity contribution in [3.05, 3.63) is 11.7 Å². The Kier molecular flexibility index (Phi) is 5.07. The molecule has 120 valence electrons. The molecular formula is C17H30N2O2. The topological polar surface area (TPSA) is 59.2 Å². The molecule has 0 saturated heterocycles. The summed E-state index contributed by atoms with van der Waals surface area (Å²) in [7, 11) is 0. The van der Waals surface area contributed by atoms with E-state index in [1.54, 1.807) is 0 Å². The van der Waals surface area contributed by atoms with Crippen LogP contribution in [0.5, 0.6) is 0 Å². The van der Waals surface area contributed by atoms with Crippen LogP contribution in [-0.2, 0) is 6.42 Å². The third-order valence-electron chi connectivity index (χ3n) is 4.93. The molecule has 1 aromatic heterocycles. The van der Waals surface area contributed by atoms with Gasteiger partial charge in [0.15, 0.2) is 5.82 Å². The molecule has 0 amide bonds. The van der Waals surface area contributed by atoms with Gasteiger partial charge in [-0.25, -0.2) is 0 Å². The predicted octanol–water partition coefficient (Wildman–Crippen LogP) is 3.95. The van der Waals surface area contributed by atoms with Crippen LogP contribution in [0.25, 0.3) is 0 Å². The van der Waals surface area contributed by atoms with Crippen LogP contribution in [0.4, 0.5) is 0 Å². The largest absolute Gasteiger partial charge is 0.392 e. The number of aliphatic hydroxyl groups excluding tert-OH is 1. The Balaban J connectivity index is 1.92. The smallest absolute Gasteiger partial charge is 0.229 e. The SMILES string of the molecule is CC(C)C1CCC(c2noc(CC(O)C(C)(C)C)n2)CC1. The molecule has 1 heterocycles. The molecule has 1 N–H and O–H groups in total. The minimum atomic E-state index is -0.456. The van der Waals surface area contributed by atoms with E-state index in [1.165, 1.54) is 12.8 Å². The number of hydrogen-bond donors (Lipinski definition) is 1. The van der Waals surface area contributed by atoms with Gasteiger partial charge in [-0.2, -0.15) is 4.98 Å². The van der Waals surface area contributed by atoms with Gasteiger partial charge in [-0.05, 0) is 42.9 Å². The summed E-state index contributed by atoms with van der Waals surface area (Å²) >= 11 is 0. The van der Waals surface area contributed by atoms with Crippen molar-refractivity contribution in [1.82, 2.24) is 10.1 Å². The Labute approximate surface area is 128 Å².